The summed E-state index contributed by atoms with van der Waals surface area (Å²) in [5.74, 6) is 0.757. The predicted molar refractivity (Wildman–Crippen MR) is 81.9 cm³/mol. The highest BCUT2D eigenvalue weighted by atomic mass is 35.5. The summed E-state index contributed by atoms with van der Waals surface area (Å²) in [5, 5.41) is 0.727. The second-order valence-corrected chi connectivity index (χ2v) is 5.53. The van der Waals surface area contributed by atoms with Gasteiger partial charge in [0.05, 0.1) is 5.69 Å². The van der Waals surface area contributed by atoms with Gasteiger partial charge >= 0.3 is 0 Å². The summed E-state index contributed by atoms with van der Waals surface area (Å²) in [4.78, 5) is 11.2. The molecule has 1 aromatic heterocycles. The fourth-order valence-electron chi connectivity index (χ4n) is 2.47. The van der Waals surface area contributed by atoms with Crippen molar-refractivity contribution >= 4 is 17.5 Å². The zero-order chi connectivity index (χ0) is 13.9. The Hall–Kier alpha value is -1.65. The van der Waals surface area contributed by atoms with E-state index in [-0.39, 0.29) is 6.04 Å². The molecule has 0 bridgehead atoms. The molecule has 1 atom stereocenters. The van der Waals surface area contributed by atoms with Crippen LogP contribution in [-0.4, -0.2) is 29.1 Å². The van der Waals surface area contributed by atoms with E-state index in [4.69, 9.17) is 17.3 Å². The van der Waals surface area contributed by atoms with Crippen molar-refractivity contribution in [3.63, 3.8) is 0 Å². The third-order valence-electron chi connectivity index (χ3n) is 3.52. The zero-order valence-electron chi connectivity index (χ0n) is 11.2. The first-order valence-electron chi connectivity index (χ1n) is 6.82. The molecule has 104 valence electrons. The number of halogens is 1. The molecule has 4 nitrogen and oxygen atoms in total. The van der Waals surface area contributed by atoms with E-state index in [1.165, 1.54) is 0 Å². The van der Waals surface area contributed by atoms with Gasteiger partial charge in [0.1, 0.15) is 0 Å². The third kappa shape index (κ3) is 2.92. The van der Waals surface area contributed by atoms with Crippen LogP contribution >= 0.6 is 11.6 Å². The molecule has 0 saturated carbocycles. The summed E-state index contributed by atoms with van der Waals surface area (Å²) < 4.78 is 0. The van der Waals surface area contributed by atoms with Crippen LogP contribution < -0.4 is 10.6 Å². The summed E-state index contributed by atoms with van der Waals surface area (Å²) in [6.07, 6.45) is 3.97. The number of hydrogen-bond acceptors (Lipinski definition) is 4. The van der Waals surface area contributed by atoms with Crippen LogP contribution in [0.3, 0.4) is 0 Å². The molecule has 3 rings (SSSR count). The van der Waals surface area contributed by atoms with Gasteiger partial charge in [0, 0.05) is 35.9 Å². The lowest BCUT2D eigenvalue weighted by molar-refractivity contribution is 0.500. The first kappa shape index (κ1) is 13.3. The van der Waals surface area contributed by atoms with Gasteiger partial charge in [-0.05, 0) is 31.0 Å². The van der Waals surface area contributed by atoms with Gasteiger partial charge in [0.15, 0.2) is 0 Å². The second kappa shape index (κ2) is 5.77. The molecule has 1 aliphatic rings. The standard InChI is InChI=1S/C15H17ClN4/c16-12-5-3-11(4-6-12)14-7-8-18-15(19-14)20-9-1-2-13(17)10-20/h3-8,13H,1-2,9-10,17H2. The van der Waals surface area contributed by atoms with E-state index in [0.29, 0.717) is 0 Å². The van der Waals surface area contributed by atoms with Crippen LogP contribution in [0.15, 0.2) is 36.5 Å². The summed E-state index contributed by atoms with van der Waals surface area (Å²) in [5.41, 5.74) is 7.97. The molecule has 1 aromatic carbocycles. The lowest BCUT2D eigenvalue weighted by Gasteiger charge is -2.30. The van der Waals surface area contributed by atoms with E-state index < -0.39 is 0 Å². The first-order chi connectivity index (χ1) is 9.72. The van der Waals surface area contributed by atoms with Crippen molar-refractivity contribution in [2.24, 2.45) is 5.73 Å². The van der Waals surface area contributed by atoms with E-state index in [9.17, 15) is 0 Å². The van der Waals surface area contributed by atoms with E-state index in [0.717, 1.165) is 48.2 Å². The Morgan fingerprint density at radius 2 is 2.00 bits per heavy atom. The number of benzene rings is 1. The van der Waals surface area contributed by atoms with Gasteiger partial charge in [0.2, 0.25) is 5.95 Å². The Bertz CT molecular complexity index is 585. The van der Waals surface area contributed by atoms with Crippen molar-refractivity contribution in [2.75, 3.05) is 18.0 Å². The zero-order valence-corrected chi connectivity index (χ0v) is 11.9. The molecule has 2 N–H and O–H groups in total. The molecule has 2 aromatic rings. The highest BCUT2D eigenvalue weighted by Crippen LogP contribution is 2.22. The van der Waals surface area contributed by atoms with Gasteiger partial charge in [-0.3, -0.25) is 0 Å². The van der Waals surface area contributed by atoms with Crippen LogP contribution in [0.5, 0.6) is 0 Å². The molecule has 1 saturated heterocycles. The fourth-order valence-corrected chi connectivity index (χ4v) is 2.60. The summed E-state index contributed by atoms with van der Waals surface area (Å²) >= 11 is 5.91. The SMILES string of the molecule is NC1CCCN(c2nccc(-c3ccc(Cl)cc3)n2)C1. The molecule has 1 unspecified atom stereocenters. The maximum atomic E-state index is 6.02. The fraction of sp³-hybridized carbons (Fsp3) is 0.333. The van der Waals surface area contributed by atoms with E-state index >= 15 is 0 Å². The number of hydrogen-bond donors (Lipinski definition) is 1. The molecule has 2 heterocycles. The molecular formula is C15H17ClN4. The van der Waals surface area contributed by atoms with Crippen molar-refractivity contribution in [1.82, 2.24) is 9.97 Å². The topological polar surface area (TPSA) is 55.0 Å². The highest BCUT2D eigenvalue weighted by molar-refractivity contribution is 6.30. The van der Waals surface area contributed by atoms with Crippen molar-refractivity contribution in [1.29, 1.82) is 0 Å². The Morgan fingerprint density at radius 1 is 1.20 bits per heavy atom. The van der Waals surface area contributed by atoms with Crippen molar-refractivity contribution < 1.29 is 0 Å². The van der Waals surface area contributed by atoms with Crippen LogP contribution in [0, 0.1) is 0 Å². The van der Waals surface area contributed by atoms with Gasteiger partial charge in [0.25, 0.3) is 0 Å². The normalized spacial score (nSPS) is 19.1. The van der Waals surface area contributed by atoms with Crippen molar-refractivity contribution in [3.05, 3.63) is 41.6 Å². The summed E-state index contributed by atoms with van der Waals surface area (Å²) in [7, 11) is 0. The maximum Gasteiger partial charge on any atom is 0.225 e. The van der Waals surface area contributed by atoms with Crippen LogP contribution in [0.1, 0.15) is 12.8 Å². The minimum atomic E-state index is 0.214. The molecule has 0 radical (unpaired) electrons. The number of rotatable bonds is 2. The van der Waals surface area contributed by atoms with Crippen LogP contribution in [0.25, 0.3) is 11.3 Å². The molecule has 0 aliphatic carbocycles. The highest BCUT2D eigenvalue weighted by Gasteiger charge is 2.19. The van der Waals surface area contributed by atoms with Gasteiger partial charge in [-0.2, -0.15) is 0 Å². The minimum absolute atomic E-state index is 0.214. The van der Waals surface area contributed by atoms with E-state index in [2.05, 4.69) is 14.9 Å². The van der Waals surface area contributed by atoms with Gasteiger partial charge < -0.3 is 10.6 Å². The first-order valence-corrected chi connectivity index (χ1v) is 7.20. The largest absolute Gasteiger partial charge is 0.339 e. The number of nitrogens with two attached hydrogens (primary N) is 1. The summed E-state index contributed by atoms with van der Waals surface area (Å²) in [6, 6.07) is 9.81. The average molecular weight is 289 g/mol. The van der Waals surface area contributed by atoms with Crippen LogP contribution in [-0.2, 0) is 0 Å². The monoisotopic (exact) mass is 288 g/mol. The molecule has 1 aliphatic heterocycles. The molecule has 0 amide bonds. The number of piperidine rings is 1. The van der Waals surface area contributed by atoms with Gasteiger partial charge in [-0.15, -0.1) is 0 Å². The molecule has 0 spiro atoms. The van der Waals surface area contributed by atoms with Crippen molar-refractivity contribution in [3.8, 4) is 11.3 Å². The minimum Gasteiger partial charge on any atom is -0.339 e. The second-order valence-electron chi connectivity index (χ2n) is 5.10. The van der Waals surface area contributed by atoms with Gasteiger partial charge in [-0.1, -0.05) is 23.7 Å². The predicted octanol–water partition coefficient (Wildman–Crippen LogP) is 2.72. The Labute approximate surface area is 123 Å². The number of aromatic nitrogens is 2. The Morgan fingerprint density at radius 3 is 2.75 bits per heavy atom. The molecule has 5 heteroatoms. The van der Waals surface area contributed by atoms with Gasteiger partial charge in [-0.25, -0.2) is 9.97 Å². The third-order valence-corrected chi connectivity index (χ3v) is 3.78. The Balaban J connectivity index is 1.87. The van der Waals surface area contributed by atoms with E-state index in [1.54, 1.807) is 6.20 Å². The molecule has 1 fully saturated rings. The number of anilines is 1. The average Bonchev–Trinajstić information content (AvgIpc) is 2.48. The molecular weight excluding hydrogens is 272 g/mol. The lowest BCUT2D eigenvalue weighted by atomic mass is 10.1. The van der Waals surface area contributed by atoms with E-state index in [1.807, 2.05) is 30.3 Å². The van der Waals surface area contributed by atoms with Crippen molar-refractivity contribution in [2.45, 2.75) is 18.9 Å². The maximum absolute atomic E-state index is 6.02. The smallest absolute Gasteiger partial charge is 0.225 e. The van der Waals surface area contributed by atoms with Crippen LogP contribution in [0.4, 0.5) is 5.95 Å². The van der Waals surface area contributed by atoms with Crippen LogP contribution in [0.2, 0.25) is 5.02 Å². The molecule has 20 heavy (non-hydrogen) atoms. The Kier molecular flexibility index (Phi) is 3.85. The quantitative estimate of drug-likeness (QED) is 0.923. The summed E-state index contributed by atoms with van der Waals surface area (Å²) in [6.45, 7) is 1.79. The number of nitrogens with zero attached hydrogens (tertiary/aromatic N) is 3. The lowest BCUT2D eigenvalue weighted by Crippen LogP contribution is -2.43.